The van der Waals surface area contributed by atoms with Gasteiger partial charge in [0, 0.05) is 17.3 Å². The number of hydrogen-bond donors (Lipinski definition) is 1. The van der Waals surface area contributed by atoms with Crippen LogP contribution in [0.15, 0.2) is 65.1 Å². The fourth-order valence-corrected chi connectivity index (χ4v) is 3.15. The van der Waals surface area contributed by atoms with Crippen molar-refractivity contribution >= 4 is 22.7 Å². The number of carbonyl (C=O) groups excluding carboxylic acids is 1. The Labute approximate surface area is 173 Å². The summed E-state index contributed by atoms with van der Waals surface area (Å²) in [6.07, 6.45) is 0. The highest BCUT2D eigenvalue weighted by Gasteiger charge is 2.19. The Morgan fingerprint density at radius 3 is 2.33 bits per heavy atom. The zero-order valence-corrected chi connectivity index (χ0v) is 16.8. The lowest BCUT2D eigenvalue weighted by Crippen LogP contribution is -2.14. The molecule has 3 aromatic carbocycles. The molecule has 0 saturated heterocycles. The van der Waals surface area contributed by atoms with Crippen molar-refractivity contribution in [3.63, 3.8) is 0 Å². The summed E-state index contributed by atoms with van der Waals surface area (Å²) in [6.45, 7) is 0. The van der Waals surface area contributed by atoms with Crippen LogP contribution < -0.4 is 19.5 Å². The van der Waals surface area contributed by atoms with Gasteiger partial charge in [-0.1, -0.05) is 12.1 Å². The number of ether oxygens (including phenoxy) is 3. The summed E-state index contributed by atoms with van der Waals surface area (Å²) < 4.78 is 21.8. The summed E-state index contributed by atoms with van der Waals surface area (Å²) in [5, 5.41) is 2.86. The zero-order valence-electron chi connectivity index (χ0n) is 16.8. The predicted molar refractivity (Wildman–Crippen MR) is 113 cm³/mol. The first-order valence-electron chi connectivity index (χ1n) is 9.20. The van der Waals surface area contributed by atoms with E-state index in [-0.39, 0.29) is 5.91 Å². The van der Waals surface area contributed by atoms with Crippen LogP contribution in [0.4, 0.5) is 5.69 Å². The molecule has 4 rings (SSSR count). The molecule has 4 aromatic rings. The van der Waals surface area contributed by atoms with E-state index in [4.69, 9.17) is 18.6 Å². The molecule has 0 saturated carbocycles. The van der Waals surface area contributed by atoms with E-state index in [1.807, 2.05) is 24.3 Å². The van der Waals surface area contributed by atoms with Crippen LogP contribution in [0.25, 0.3) is 22.6 Å². The third-order valence-electron chi connectivity index (χ3n) is 4.62. The third kappa shape index (κ3) is 3.65. The average molecular weight is 404 g/mol. The number of anilines is 1. The van der Waals surface area contributed by atoms with Gasteiger partial charge in [0.2, 0.25) is 5.89 Å². The molecule has 152 valence electrons. The van der Waals surface area contributed by atoms with Crippen LogP contribution in [-0.4, -0.2) is 32.2 Å². The molecule has 0 aliphatic heterocycles. The van der Waals surface area contributed by atoms with Gasteiger partial charge in [-0.05, 0) is 42.5 Å². The maximum absolute atomic E-state index is 12.9. The van der Waals surface area contributed by atoms with Crippen molar-refractivity contribution in [2.75, 3.05) is 26.6 Å². The number of benzene rings is 3. The number of nitrogens with zero attached hydrogens (tertiary/aromatic N) is 1. The Hall–Kier alpha value is -4.00. The maximum atomic E-state index is 12.9. The van der Waals surface area contributed by atoms with Crippen molar-refractivity contribution in [2.24, 2.45) is 0 Å². The van der Waals surface area contributed by atoms with Crippen molar-refractivity contribution in [1.82, 2.24) is 4.98 Å². The van der Waals surface area contributed by atoms with E-state index in [0.717, 1.165) is 5.56 Å². The Kier molecular flexibility index (Phi) is 5.26. The first-order valence-corrected chi connectivity index (χ1v) is 9.20. The third-order valence-corrected chi connectivity index (χ3v) is 4.62. The van der Waals surface area contributed by atoms with Gasteiger partial charge >= 0.3 is 0 Å². The van der Waals surface area contributed by atoms with E-state index in [1.54, 1.807) is 43.5 Å². The van der Waals surface area contributed by atoms with Gasteiger partial charge in [0.25, 0.3) is 5.91 Å². The summed E-state index contributed by atoms with van der Waals surface area (Å²) in [4.78, 5) is 17.4. The molecular formula is C23H20N2O5. The fourth-order valence-electron chi connectivity index (χ4n) is 3.15. The average Bonchev–Trinajstić information content (AvgIpc) is 3.22. The number of methoxy groups -OCH3 is 3. The molecule has 1 heterocycles. The predicted octanol–water partition coefficient (Wildman–Crippen LogP) is 4.77. The highest BCUT2D eigenvalue weighted by molar-refractivity contribution is 6.08. The van der Waals surface area contributed by atoms with Gasteiger partial charge in [-0.25, -0.2) is 4.98 Å². The first-order chi connectivity index (χ1) is 14.6. The second-order valence-corrected chi connectivity index (χ2v) is 6.43. The standard InChI is InChI=1S/C23H20N2O5/c1-27-16-7-4-6-14(12-16)23-25-17-11-10-15(13-20(17)30-23)24-22(26)21-18(28-2)8-5-9-19(21)29-3/h4-13H,1-3H3,(H,24,26). The van der Waals surface area contributed by atoms with E-state index in [9.17, 15) is 4.79 Å². The van der Waals surface area contributed by atoms with E-state index in [1.165, 1.54) is 14.2 Å². The van der Waals surface area contributed by atoms with Gasteiger partial charge in [0.15, 0.2) is 5.58 Å². The zero-order chi connectivity index (χ0) is 21.1. The molecule has 7 nitrogen and oxygen atoms in total. The minimum absolute atomic E-state index is 0.317. The van der Waals surface area contributed by atoms with Crippen LogP contribution in [-0.2, 0) is 0 Å². The maximum Gasteiger partial charge on any atom is 0.263 e. The van der Waals surface area contributed by atoms with Crippen molar-refractivity contribution in [3.05, 3.63) is 66.2 Å². The van der Waals surface area contributed by atoms with Gasteiger partial charge in [0.05, 0.1) is 21.3 Å². The van der Waals surface area contributed by atoms with E-state index < -0.39 is 0 Å². The molecule has 0 unspecified atom stereocenters. The molecule has 0 fully saturated rings. The minimum atomic E-state index is -0.351. The van der Waals surface area contributed by atoms with Crippen molar-refractivity contribution in [3.8, 4) is 28.7 Å². The Bertz CT molecular complexity index is 1190. The highest BCUT2D eigenvalue weighted by Crippen LogP contribution is 2.31. The number of amides is 1. The quantitative estimate of drug-likeness (QED) is 0.498. The lowest BCUT2D eigenvalue weighted by atomic mass is 10.1. The second-order valence-electron chi connectivity index (χ2n) is 6.43. The number of aromatic nitrogens is 1. The van der Waals surface area contributed by atoms with Gasteiger partial charge in [-0.2, -0.15) is 0 Å². The van der Waals surface area contributed by atoms with Gasteiger partial charge < -0.3 is 23.9 Å². The molecule has 0 aliphatic rings. The molecule has 0 radical (unpaired) electrons. The fraction of sp³-hybridized carbons (Fsp3) is 0.130. The van der Waals surface area contributed by atoms with Crippen LogP contribution in [0, 0.1) is 0 Å². The summed E-state index contributed by atoms with van der Waals surface area (Å²) in [7, 11) is 4.62. The lowest BCUT2D eigenvalue weighted by Gasteiger charge is -2.12. The minimum Gasteiger partial charge on any atom is -0.497 e. The second kappa shape index (κ2) is 8.16. The molecular weight excluding hydrogens is 384 g/mol. The van der Waals surface area contributed by atoms with Gasteiger partial charge in [0.1, 0.15) is 28.3 Å². The van der Waals surface area contributed by atoms with Crippen molar-refractivity contribution in [1.29, 1.82) is 0 Å². The molecule has 0 aliphatic carbocycles. The van der Waals surface area contributed by atoms with Crippen LogP contribution >= 0.6 is 0 Å². The number of rotatable bonds is 6. The first kappa shape index (κ1) is 19.3. The van der Waals surface area contributed by atoms with Crippen LogP contribution in [0.3, 0.4) is 0 Å². The normalized spacial score (nSPS) is 10.6. The topological polar surface area (TPSA) is 82.8 Å². The summed E-state index contributed by atoms with van der Waals surface area (Å²) in [5.41, 5.74) is 2.92. The smallest absolute Gasteiger partial charge is 0.263 e. The Morgan fingerprint density at radius 1 is 0.900 bits per heavy atom. The Balaban J connectivity index is 1.64. The molecule has 0 atom stereocenters. The summed E-state index contributed by atoms with van der Waals surface area (Å²) in [5.74, 6) is 1.68. The monoisotopic (exact) mass is 404 g/mol. The van der Waals surface area contributed by atoms with Crippen LogP contribution in [0.5, 0.6) is 17.2 Å². The number of hydrogen-bond acceptors (Lipinski definition) is 6. The van der Waals surface area contributed by atoms with Crippen LogP contribution in [0.2, 0.25) is 0 Å². The number of carbonyl (C=O) groups is 1. The summed E-state index contributed by atoms with van der Waals surface area (Å²) in [6, 6.07) is 17.9. The SMILES string of the molecule is COc1cccc(-c2nc3ccc(NC(=O)c4c(OC)cccc4OC)cc3o2)c1. The van der Waals surface area contributed by atoms with Crippen molar-refractivity contribution < 1.29 is 23.4 Å². The van der Waals surface area contributed by atoms with Gasteiger partial charge in [-0.15, -0.1) is 0 Å². The lowest BCUT2D eigenvalue weighted by molar-refractivity contribution is 0.102. The molecule has 7 heteroatoms. The van der Waals surface area contributed by atoms with E-state index >= 15 is 0 Å². The summed E-state index contributed by atoms with van der Waals surface area (Å²) >= 11 is 0. The number of fused-ring (bicyclic) bond motifs is 1. The van der Waals surface area contributed by atoms with Crippen molar-refractivity contribution in [2.45, 2.75) is 0 Å². The molecule has 1 N–H and O–H groups in total. The molecule has 0 bridgehead atoms. The molecule has 30 heavy (non-hydrogen) atoms. The molecule has 1 amide bonds. The number of nitrogens with one attached hydrogen (secondary N) is 1. The Morgan fingerprint density at radius 2 is 1.63 bits per heavy atom. The van der Waals surface area contributed by atoms with E-state index in [0.29, 0.717) is 45.5 Å². The van der Waals surface area contributed by atoms with Gasteiger partial charge in [-0.3, -0.25) is 4.79 Å². The molecule has 1 aromatic heterocycles. The van der Waals surface area contributed by atoms with Crippen LogP contribution in [0.1, 0.15) is 10.4 Å². The largest absolute Gasteiger partial charge is 0.497 e. The molecule has 0 spiro atoms. The van der Waals surface area contributed by atoms with E-state index in [2.05, 4.69) is 10.3 Å². The number of oxazole rings is 1. The highest BCUT2D eigenvalue weighted by atomic mass is 16.5.